The van der Waals surface area contributed by atoms with Gasteiger partial charge < -0.3 is 10.1 Å². The van der Waals surface area contributed by atoms with Crippen LogP contribution >= 0.6 is 0 Å². The number of ether oxygens (including phenoxy) is 1. The largest absolute Gasteiger partial charge is 0.484 e. The quantitative estimate of drug-likeness (QED) is 0.721. The number of carbonyl (C=O) groups is 3. The number of amides is 4. The Kier molecular flexibility index (Phi) is 5.63. The Labute approximate surface area is 163 Å². The van der Waals surface area contributed by atoms with Crippen LogP contribution < -0.4 is 15.5 Å². The van der Waals surface area contributed by atoms with Crippen molar-refractivity contribution in [3.05, 3.63) is 65.7 Å². The number of hydrogen-bond donors (Lipinski definition) is 2. The molecule has 1 heterocycles. The van der Waals surface area contributed by atoms with Gasteiger partial charge in [0.05, 0.1) is 0 Å². The number of imide groups is 1. The third-order valence-corrected chi connectivity index (χ3v) is 4.61. The number of benzene rings is 2. The molecule has 1 atom stereocenters. The first-order chi connectivity index (χ1) is 13.4. The van der Waals surface area contributed by atoms with Gasteiger partial charge in [-0.05, 0) is 49.9 Å². The van der Waals surface area contributed by atoms with Crippen LogP contribution in [-0.2, 0) is 16.0 Å². The van der Waals surface area contributed by atoms with Crippen LogP contribution in [0.3, 0.4) is 0 Å². The van der Waals surface area contributed by atoms with Crippen molar-refractivity contribution in [2.75, 3.05) is 6.61 Å². The van der Waals surface area contributed by atoms with E-state index in [9.17, 15) is 14.4 Å². The van der Waals surface area contributed by atoms with Crippen molar-refractivity contribution in [2.45, 2.75) is 32.2 Å². The van der Waals surface area contributed by atoms with Gasteiger partial charge in [0.15, 0.2) is 6.61 Å². The lowest BCUT2D eigenvalue weighted by molar-refractivity contribution is -0.139. The van der Waals surface area contributed by atoms with Crippen LogP contribution in [0.25, 0.3) is 0 Å². The lowest BCUT2D eigenvalue weighted by atomic mass is 9.93. The van der Waals surface area contributed by atoms with E-state index < -0.39 is 23.4 Å². The van der Waals surface area contributed by atoms with E-state index in [-0.39, 0.29) is 6.61 Å². The van der Waals surface area contributed by atoms with Crippen LogP contribution in [0.4, 0.5) is 4.79 Å². The fraction of sp³-hybridized carbons (Fsp3) is 0.286. The summed E-state index contributed by atoms with van der Waals surface area (Å²) in [5, 5.41) is 3.40. The van der Waals surface area contributed by atoms with Gasteiger partial charge in [0, 0.05) is 0 Å². The molecule has 0 saturated carbocycles. The number of urea groups is 1. The van der Waals surface area contributed by atoms with E-state index in [4.69, 9.17) is 4.74 Å². The second kappa shape index (κ2) is 8.12. The van der Waals surface area contributed by atoms with Crippen molar-refractivity contribution in [1.82, 2.24) is 15.8 Å². The molecule has 2 aromatic rings. The standard InChI is InChI=1S/C21H23N3O4/c1-15-7-6-10-17(13-15)28-14-18(25)23-24-19(26)21(2,22-20(24)27)12-11-16-8-4-3-5-9-16/h3-10,13H,11-12,14H2,1-2H3,(H,22,27)(H,23,25)/t21-/m1/s1. The van der Waals surface area contributed by atoms with Crippen LogP contribution in [0.5, 0.6) is 5.75 Å². The zero-order chi connectivity index (χ0) is 20.1. The molecule has 1 aliphatic heterocycles. The summed E-state index contributed by atoms with van der Waals surface area (Å²) >= 11 is 0. The Balaban J connectivity index is 1.56. The molecule has 1 aliphatic rings. The minimum absolute atomic E-state index is 0.304. The second-order valence-corrected chi connectivity index (χ2v) is 7.03. The van der Waals surface area contributed by atoms with E-state index in [1.54, 1.807) is 19.1 Å². The fourth-order valence-electron chi connectivity index (χ4n) is 3.01. The summed E-state index contributed by atoms with van der Waals surface area (Å²) in [6, 6.07) is 16.3. The van der Waals surface area contributed by atoms with Crippen molar-refractivity contribution in [3.8, 4) is 5.75 Å². The van der Waals surface area contributed by atoms with Crippen LogP contribution in [0.1, 0.15) is 24.5 Å². The van der Waals surface area contributed by atoms with Gasteiger partial charge in [-0.25, -0.2) is 4.79 Å². The van der Waals surface area contributed by atoms with Crippen molar-refractivity contribution in [2.24, 2.45) is 0 Å². The molecule has 4 amide bonds. The van der Waals surface area contributed by atoms with Gasteiger partial charge in [-0.1, -0.05) is 42.5 Å². The van der Waals surface area contributed by atoms with Crippen LogP contribution in [0.2, 0.25) is 0 Å². The molecular formula is C21H23N3O4. The number of hydrazine groups is 1. The van der Waals surface area contributed by atoms with Crippen molar-refractivity contribution >= 4 is 17.8 Å². The molecule has 2 N–H and O–H groups in total. The van der Waals surface area contributed by atoms with Gasteiger partial charge >= 0.3 is 6.03 Å². The first-order valence-corrected chi connectivity index (χ1v) is 9.07. The molecule has 1 fully saturated rings. The van der Waals surface area contributed by atoms with Crippen LogP contribution in [0.15, 0.2) is 54.6 Å². The molecular weight excluding hydrogens is 358 g/mol. The molecule has 0 bridgehead atoms. The Bertz CT molecular complexity index is 884. The van der Waals surface area contributed by atoms with E-state index in [1.807, 2.05) is 49.4 Å². The number of carbonyl (C=O) groups excluding carboxylic acids is 3. The highest BCUT2D eigenvalue weighted by Gasteiger charge is 2.48. The topological polar surface area (TPSA) is 87.7 Å². The predicted octanol–water partition coefficient (Wildman–Crippen LogP) is 2.35. The Morgan fingerprint density at radius 1 is 1.14 bits per heavy atom. The second-order valence-electron chi connectivity index (χ2n) is 7.03. The average molecular weight is 381 g/mol. The van der Waals surface area contributed by atoms with Crippen LogP contribution in [-0.4, -0.2) is 35.0 Å². The van der Waals surface area contributed by atoms with Crippen molar-refractivity contribution < 1.29 is 19.1 Å². The van der Waals surface area contributed by atoms with E-state index in [2.05, 4.69) is 10.7 Å². The normalized spacial score (nSPS) is 18.7. The summed E-state index contributed by atoms with van der Waals surface area (Å²) in [5.41, 5.74) is 3.32. The first kappa shape index (κ1) is 19.4. The van der Waals surface area contributed by atoms with E-state index >= 15 is 0 Å². The summed E-state index contributed by atoms with van der Waals surface area (Å²) < 4.78 is 5.40. The zero-order valence-electron chi connectivity index (χ0n) is 15.9. The maximum Gasteiger partial charge on any atom is 0.344 e. The molecule has 0 aromatic heterocycles. The van der Waals surface area contributed by atoms with Gasteiger partial charge in [0.25, 0.3) is 11.8 Å². The zero-order valence-corrected chi connectivity index (χ0v) is 15.9. The number of hydrogen-bond acceptors (Lipinski definition) is 4. The van der Waals surface area contributed by atoms with Gasteiger partial charge in [-0.15, -0.1) is 0 Å². The Morgan fingerprint density at radius 3 is 2.61 bits per heavy atom. The Hall–Kier alpha value is -3.35. The molecule has 146 valence electrons. The van der Waals surface area contributed by atoms with Gasteiger partial charge in [-0.2, -0.15) is 5.01 Å². The van der Waals surface area contributed by atoms with Gasteiger partial charge in [-0.3, -0.25) is 15.0 Å². The first-order valence-electron chi connectivity index (χ1n) is 9.07. The molecule has 0 unspecified atom stereocenters. The molecule has 3 rings (SSSR count). The lowest BCUT2D eigenvalue weighted by Crippen LogP contribution is -2.50. The fourth-order valence-corrected chi connectivity index (χ4v) is 3.01. The number of nitrogens with one attached hydrogen (secondary N) is 2. The summed E-state index contributed by atoms with van der Waals surface area (Å²) in [5.74, 6) is -0.533. The third kappa shape index (κ3) is 4.49. The van der Waals surface area contributed by atoms with Gasteiger partial charge in [0.2, 0.25) is 0 Å². The highest BCUT2D eigenvalue weighted by Crippen LogP contribution is 2.22. The third-order valence-electron chi connectivity index (χ3n) is 4.61. The maximum absolute atomic E-state index is 12.7. The Morgan fingerprint density at radius 2 is 1.89 bits per heavy atom. The molecule has 0 aliphatic carbocycles. The smallest absolute Gasteiger partial charge is 0.344 e. The minimum Gasteiger partial charge on any atom is -0.484 e. The summed E-state index contributed by atoms with van der Waals surface area (Å²) in [7, 11) is 0. The molecule has 0 radical (unpaired) electrons. The summed E-state index contributed by atoms with van der Waals surface area (Å²) in [4.78, 5) is 37.0. The maximum atomic E-state index is 12.7. The van der Waals surface area contributed by atoms with Crippen molar-refractivity contribution in [1.29, 1.82) is 0 Å². The van der Waals surface area contributed by atoms with E-state index in [1.165, 1.54) is 0 Å². The van der Waals surface area contributed by atoms with E-state index in [0.29, 0.717) is 18.6 Å². The molecule has 28 heavy (non-hydrogen) atoms. The SMILES string of the molecule is Cc1cccc(OCC(=O)NN2C(=O)N[C@](C)(CCc3ccccc3)C2=O)c1. The monoisotopic (exact) mass is 381 g/mol. The highest BCUT2D eigenvalue weighted by atomic mass is 16.5. The van der Waals surface area contributed by atoms with Crippen molar-refractivity contribution in [3.63, 3.8) is 0 Å². The minimum atomic E-state index is -1.07. The molecule has 7 heteroatoms. The molecule has 7 nitrogen and oxygen atoms in total. The highest BCUT2D eigenvalue weighted by molar-refractivity contribution is 6.07. The molecule has 0 spiro atoms. The summed E-state index contributed by atoms with van der Waals surface area (Å²) in [6.07, 6.45) is 1.05. The predicted molar refractivity (Wildman–Crippen MR) is 103 cm³/mol. The number of aryl methyl sites for hydroxylation is 2. The van der Waals surface area contributed by atoms with E-state index in [0.717, 1.165) is 16.1 Å². The molecule has 2 aromatic carbocycles. The number of rotatable bonds is 7. The van der Waals surface area contributed by atoms with Crippen LogP contribution in [0, 0.1) is 6.92 Å². The number of nitrogens with zero attached hydrogens (tertiary/aromatic N) is 1. The summed E-state index contributed by atoms with van der Waals surface area (Å²) in [6.45, 7) is 3.27. The lowest BCUT2D eigenvalue weighted by Gasteiger charge is -2.21. The average Bonchev–Trinajstić information content (AvgIpc) is 2.89. The van der Waals surface area contributed by atoms with Gasteiger partial charge in [0.1, 0.15) is 11.3 Å². The molecule has 1 saturated heterocycles.